The zero-order chi connectivity index (χ0) is 19.9. The number of para-hydroxylation sites is 1. The van der Waals surface area contributed by atoms with Gasteiger partial charge in [-0.3, -0.25) is 14.4 Å². The number of nitrogens with one attached hydrogen (secondary N) is 1. The van der Waals surface area contributed by atoms with Crippen molar-refractivity contribution in [2.75, 3.05) is 24.6 Å². The molecule has 2 aromatic rings. The molecule has 2 amide bonds. The Kier molecular flexibility index (Phi) is 7.11. The molecule has 0 bridgehead atoms. The monoisotopic (exact) mass is 418 g/mol. The zero-order valence-electron chi connectivity index (χ0n) is 15.6. The van der Waals surface area contributed by atoms with Gasteiger partial charge >= 0.3 is 5.97 Å². The van der Waals surface area contributed by atoms with Crippen LogP contribution in [0.2, 0.25) is 0 Å². The van der Waals surface area contributed by atoms with Crippen molar-refractivity contribution >= 4 is 46.6 Å². The Morgan fingerprint density at radius 2 is 2.07 bits per heavy atom. The number of esters is 1. The first-order valence-corrected chi connectivity index (χ1v) is 10.9. The van der Waals surface area contributed by atoms with E-state index in [4.69, 9.17) is 4.74 Å². The van der Waals surface area contributed by atoms with Gasteiger partial charge in [-0.15, -0.1) is 11.8 Å². The fraction of sp³-hybridized carbons (Fsp3) is 0.350. The highest BCUT2D eigenvalue weighted by molar-refractivity contribution is 8.00. The van der Waals surface area contributed by atoms with Gasteiger partial charge in [-0.2, -0.15) is 11.3 Å². The third-order valence-electron chi connectivity index (χ3n) is 4.30. The lowest BCUT2D eigenvalue weighted by atomic mass is 10.2. The summed E-state index contributed by atoms with van der Waals surface area (Å²) in [5.74, 6) is -0.972. The molecule has 1 aromatic carbocycles. The number of benzene rings is 1. The van der Waals surface area contributed by atoms with E-state index in [0.29, 0.717) is 17.4 Å². The van der Waals surface area contributed by atoms with Gasteiger partial charge in [0.25, 0.3) is 11.8 Å². The van der Waals surface area contributed by atoms with Crippen molar-refractivity contribution in [2.24, 2.45) is 0 Å². The zero-order valence-corrected chi connectivity index (χ0v) is 17.2. The second-order valence-electron chi connectivity index (χ2n) is 6.41. The molecule has 1 unspecified atom stereocenters. The van der Waals surface area contributed by atoms with Gasteiger partial charge in [0.15, 0.2) is 6.61 Å². The molecular formula is C20H22N2O4S2. The Labute approximate surface area is 172 Å². The Hall–Kier alpha value is -2.32. The van der Waals surface area contributed by atoms with Crippen LogP contribution in [0.5, 0.6) is 0 Å². The molecule has 1 aliphatic heterocycles. The highest BCUT2D eigenvalue weighted by Crippen LogP contribution is 2.37. The average Bonchev–Trinajstić information content (AvgIpc) is 3.16. The Morgan fingerprint density at radius 3 is 2.86 bits per heavy atom. The third kappa shape index (κ3) is 5.36. The molecule has 6 nitrogen and oxygen atoms in total. The molecule has 1 N–H and O–H groups in total. The molecule has 2 heterocycles. The summed E-state index contributed by atoms with van der Waals surface area (Å²) >= 11 is 3.18. The maximum Gasteiger partial charge on any atom is 0.308 e. The van der Waals surface area contributed by atoms with Crippen LogP contribution in [-0.4, -0.2) is 42.7 Å². The first kappa shape index (κ1) is 20.4. The number of thioether (sulfide) groups is 1. The van der Waals surface area contributed by atoms with Crippen molar-refractivity contribution in [3.63, 3.8) is 0 Å². The molecule has 0 aliphatic carbocycles. The molecular weight excluding hydrogens is 396 g/mol. The SMILES string of the molecule is CC1CCN(C(=O)COC(=O)CCNC(=O)c2ccsc2)c2ccccc2S1. The van der Waals surface area contributed by atoms with E-state index in [0.717, 1.165) is 17.0 Å². The molecule has 0 radical (unpaired) electrons. The molecule has 0 saturated heterocycles. The largest absolute Gasteiger partial charge is 0.455 e. The van der Waals surface area contributed by atoms with Crippen molar-refractivity contribution in [3.8, 4) is 0 Å². The molecule has 28 heavy (non-hydrogen) atoms. The van der Waals surface area contributed by atoms with Crippen LogP contribution in [0, 0.1) is 0 Å². The number of fused-ring (bicyclic) bond motifs is 1. The maximum atomic E-state index is 12.6. The standard InChI is InChI=1S/C20H22N2O4S2/c1-14-7-10-22(16-4-2-3-5-17(16)28-14)18(23)12-26-19(24)6-9-21-20(25)15-8-11-27-13-15/h2-5,8,11,13-14H,6-7,9-10,12H2,1H3,(H,21,25). The molecule has 0 fully saturated rings. The van der Waals surface area contributed by atoms with E-state index in [1.807, 2.05) is 29.6 Å². The third-order valence-corrected chi connectivity index (χ3v) is 6.22. The molecule has 1 aliphatic rings. The number of rotatable bonds is 6. The van der Waals surface area contributed by atoms with Gasteiger partial charge in [0.1, 0.15) is 0 Å². The van der Waals surface area contributed by atoms with Crippen molar-refractivity contribution in [2.45, 2.75) is 29.9 Å². The predicted molar refractivity (Wildman–Crippen MR) is 111 cm³/mol. The van der Waals surface area contributed by atoms with E-state index < -0.39 is 5.97 Å². The Balaban J connectivity index is 1.47. The Bertz CT molecular complexity index is 838. The molecule has 148 valence electrons. The summed E-state index contributed by atoms with van der Waals surface area (Å²) in [6.45, 7) is 2.60. The molecule has 0 saturated carbocycles. The molecule has 1 atom stereocenters. The first-order chi connectivity index (χ1) is 13.5. The topological polar surface area (TPSA) is 75.7 Å². The van der Waals surface area contributed by atoms with Gasteiger partial charge < -0.3 is 15.0 Å². The summed E-state index contributed by atoms with van der Waals surface area (Å²) in [6, 6.07) is 9.49. The minimum Gasteiger partial charge on any atom is -0.455 e. The van der Waals surface area contributed by atoms with Gasteiger partial charge in [0.05, 0.1) is 12.1 Å². The van der Waals surface area contributed by atoms with Crippen LogP contribution >= 0.6 is 23.1 Å². The lowest BCUT2D eigenvalue weighted by Crippen LogP contribution is -2.36. The number of carbonyl (C=O) groups is 3. The van der Waals surface area contributed by atoms with E-state index in [1.165, 1.54) is 11.3 Å². The number of hydrogen-bond acceptors (Lipinski definition) is 6. The summed E-state index contributed by atoms with van der Waals surface area (Å²) in [5.41, 5.74) is 1.43. The minimum atomic E-state index is -0.509. The fourth-order valence-corrected chi connectivity index (χ4v) is 4.56. The highest BCUT2D eigenvalue weighted by atomic mass is 32.2. The van der Waals surface area contributed by atoms with E-state index in [1.54, 1.807) is 28.1 Å². The number of hydrogen-bond donors (Lipinski definition) is 1. The number of amides is 2. The van der Waals surface area contributed by atoms with Crippen molar-refractivity contribution in [1.82, 2.24) is 5.32 Å². The number of thiophene rings is 1. The lowest BCUT2D eigenvalue weighted by Gasteiger charge is -2.22. The van der Waals surface area contributed by atoms with Gasteiger partial charge in [-0.1, -0.05) is 19.1 Å². The van der Waals surface area contributed by atoms with Crippen molar-refractivity contribution in [3.05, 3.63) is 46.7 Å². The second-order valence-corrected chi connectivity index (χ2v) is 8.67. The molecule has 3 rings (SSSR count). The first-order valence-electron chi connectivity index (χ1n) is 9.06. The number of ether oxygens (including phenoxy) is 1. The predicted octanol–water partition coefficient (Wildman–Crippen LogP) is 3.33. The number of carbonyl (C=O) groups excluding carboxylic acids is 3. The van der Waals surface area contributed by atoms with Crippen LogP contribution < -0.4 is 10.2 Å². The van der Waals surface area contributed by atoms with Crippen molar-refractivity contribution in [1.29, 1.82) is 0 Å². The average molecular weight is 419 g/mol. The van der Waals surface area contributed by atoms with Gasteiger partial charge in [0, 0.05) is 34.2 Å². The summed E-state index contributed by atoms with van der Waals surface area (Å²) < 4.78 is 5.13. The van der Waals surface area contributed by atoms with E-state index in [9.17, 15) is 14.4 Å². The van der Waals surface area contributed by atoms with Crippen LogP contribution in [-0.2, 0) is 14.3 Å². The van der Waals surface area contributed by atoms with Gasteiger partial charge in [-0.25, -0.2) is 0 Å². The summed E-state index contributed by atoms with van der Waals surface area (Å²) in [7, 11) is 0. The molecule has 1 aromatic heterocycles. The minimum absolute atomic E-state index is 0.0205. The van der Waals surface area contributed by atoms with E-state index in [-0.39, 0.29) is 31.4 Å². The van der Waals surface area contributed by atoms with E-state index in [2.05, 4.69) is 12.2 Å². The Morgan fingerprint density at radius 1 is 1.25 bits per heavy atom. The number of anilines is 1. The smallest absolute Gasteiger partial charge is 0.308 e. The summed E-state index contributed by atoms with van der Waals surface area (Å²) in [5, 5.41) is 6.63. The summed E-state index contributed by atoms with van der Waals surface area (Å²) in [4.78, 5) is 39.1. The quantitative estimate of drug-likeness (QED) is 0.729. The van der Waals surface area contributed by atoms with Crippen LogP contribution in [0.15, 0.2) is 46.0 Å². The lowest BCUT2D eigenvalue weighted by molar-refractivity contribution is -0.147. The molecule has 0 spiro atoms. The van der Waals surface area contributed by atoms with E-state index >= 15 is 0 Å². The second kappa shape index (κ2) is 9.75. The van der Waals surface area contributed by atoms with Crippen LogP contribution in [0.4, 0.5) is 5.69 Å². The van der Waals surface area contributed by atoms with Gasteiger partial charge in [-0.05, 0) is 30.0 Å². The van der Waals surface area contributed by atoms with Crippen LogP contribution in [0.25, 0.3) is 0 Å². The highest BCUT2D eigenvalue weighted by Gasteiger charge is 2.24. The fourth-order valence-electron chi connectivity index (χ4n) is 2.81. The van der Waals surface area contributed by atoms with Gasteiger partial charge in [0.2, 0.25) is 0 Å². The summed E-state index contributed by atoms with van der Waals surface area (Å²) in [6.07, 6.45) is 0.889. The molecule has 8 heteroatoms. The number of nitrogens with zero attached hydrogens (tertiary/aromatic N) is 1. The van der Waals surface area contributed by atoms with Crippen LogP contribution in [0.3, 0.4) is 0 Å². The van der Waals surface area contributed by atoms with Crippen molar-refractivity contribution < 1.29 is 19.1 Å². The van der Waals surface area contributed by atoms with Crippen LogP contribution in [0.1, 0.15) is 30.1 Å². The maximum absolute atomic E-state index is 12.6. The normalized spacial score (nSPS) is 16.0.